The van der Waals surface area contributed by atoms with Crippen LogP contribution in [0.15, 0.2) is 35.7 Å². The predicted octanol–water partition coefficient (Wildman–Crippen LogP) is 3.65. The van der Waals surface area contributed by atoms with Gasteiger partial charge in [-0.05, 0) is 36.1 Å². The smallest absolute Gasteiger partial charge is 0.275 e. The summed E-state index contributed by atoms with van der Waals surface area (Å²) in [7, 11) is 0. The van der Waals surface area contributed by atoms with E-state index in [0.29, 0.717) is 22.6 Å². The fraction of sp³-hybridized carbons (Fsp3) is 0.389. The van der Waals surface area contributed by atoms with Gasteiger partial charge in [-0.15, -0.1) is 11.3 Å². The molecule has 1 unspecified atom stereocenters. The van der Waals surface area contributed by atoms with Crippen molar-refractivity contribution in [2.75, 3.05) is 13.1 Å². The van der Waals surface area contributed by atoms with Crippen LogP contribution in [0, 0.1) is 0 Å². The van der Waals surface area contributed by atoms with E-state index in [4.69, 9.17) is 23.2 Å². The van der Waals surface area contributed by atoms with E-state index in [1.54, 1.807) is 23.5 Å². The molecule has 1 fully saturated rings. The maximum Gasteiger partial charge on any atom is 0.275 e. The summed E-state index contributed by atoms with van der Waals surface area (Å²) in [4.78, 5) is 15.2. The van der Waals surface area contributed by atoms with Crippen molar-refractivity contribution < 1.29 is 9.69 Å². The zero-order chi connectivity index (χ0) is 17.1. The molecule has 1 aliphatic rings. The predicted molar refractivity (Wildman–Crippen MR) is 100 cm³/mol. The van der Waals surface area contributed by atoms with Gasteiger partial charge in [-0.25, -0.2) is 0 Å². The molecule has 3 rings (SSSR count). The Balaban J connectivity index is 1.60. The van der Waals surface area contributed by atoms with Crippen molar-refractivity contribution in [2.45, 2.75) is 31.8 Å². The van der Waals surface area contributed by atoms with Crippen molar-refractivity contribution >= 4 is 40.4 Å². The van der Waals surface area contributed by atoms with E-state index in [1.165, 1.54) is 16.2 Å². The molecule has 128 valence electrons. The lowest BCUT2D eigenvalue weighted by Gasteiger charge is -2.22. The molecule has 1 saturated heterocycles. The highest BCUT2D eigenvalue weighted by molar-refractivity contribution is 7.10. The van der Waals surface area contributed by atoms with E-state index in [0.717, 1.165) is 18.5 Å². The zero-order valence-corrected chi connectivity index (χ0v) is 15.8. The number of amides is 1. The molecule has 3 nitrogen and oxygen atoms in total. The molecule has 1 amide bonds. The molecule has 0 radical (unpaired) electrons. The third-order valence-corrected chi connectivity index (χ3v) is 6.11. The summed E-state index contributed by atoms with van der Waals surface area (Å²) < 4.78 is 0. The highest BCUT2D eigenvalue weighted by atomic mass is 35.5. The highest BCUT2D eigenvalue weighted by Gasteiger charge is 2.32. The molecule has 0 aliphatic carbocycles. The van der Waals surface area contributed by atoms with E-state index in [2.05, 4.69) is 22.8 Å². The van der Waals surface area contributed by atoms with E-state index >= 15 is 0 Å². The highest BCUT2D eigenvalue weighted by Crippen LogP contribution is 2.26. The van der Waals surface area contributed by atoms with Crippen LogP contribution in [0.1, 0.15) is 42.3 Å². The average molecular weight is 384 g/mol. The number of nitrogens with one attached hydrogen (secondary N) is 2. The van der Waals surface area contributed by atoms with Crippen LogP contribution in [0.3, 0.4) is 0 Å². The maximum absolute atomic E-state index is 12.5. The number of thiophene rings is 1. The Morgan fingerprint density at radius 3 is 2.96 bits per heavy atom. The van der Waals surface area contributed by atoms with E-state index in [9.17, 15) is 4.79 Å². The Morgan fingerprint density at radius 2 is 2.25 bits per heavy atom. The monoisotopic (exact) mass is 383 g/mol. The lowest BCUT2D eigenvalue weighted by Crippen LogP contribution is -3.11. The molecule has 2 N–H and O–H groups in total. The van der Waals surface area contributed by atoms with Crippen molar-refractivity contribution in [1.82, 2.24) is 5.32 Å². The van der Waals surface area contributed by atoms with Gasteiger partial charge >= 0.3 is 0 Å². The Hall–Kier alpha value is -1.07. The van der Waals surface area contributed by atoms with Crippen molar-refractivity contribution in [2.24, 2.45) is 0 Å². The molecular formula is C18H21Cl2N2OS+. The molecule has 0 saturated carbocycles. The van der Waals surface area contributed by atoms with Gasteiger partial charge in [0.15, 0.2) is 6.54 Å². The van der Waals surface area contributed by atoms with Gasteiger partial charge in [0.25, 0.3) is 5.91 Å². The van der Waals surface area contributed by atoms with Crippen molar-refractivity contribution in [3.63, 3.8) is 0 Å². The Kier molecular flexibility index (Phi) is 5.82. The van der Waals surface area contributed by atoms with Crippen LogP contribution >= 0.6 is 34.5 Å². The minimum atomic E-state index is -0.135. The summed E-state index contributed by atoms with van der Waals surface area (Å²) >= 11 is 13.9. The second kappa shape index (κ2) is 7.87. The fourth-order valence-corrected chi connectivity index (χ4v) is 4.88. The van der Waals surface area contributed by atoms with E-state index in [-0.39, 0.29) is 11.9 Å². The van der Waals surface area contributed by atoms with Gasteiger partial charge in [0.1, 0.15) is 6.04 Å². The average Bonchev–Trinajstić information content (AvgIpc) is 3.17. The number of benzene rings is 1. The third-order valence-electron chi connectivity index (χ3n) is 4.56. The molecule has 0 bridgehead atoms. The number of likely N-dealkylation sites (tertiary alicyclic amines) is 1. The first-order chi connectivity index (χ1) is 11.5. The molecule has 3 atom stereocenters. The van der Waals surface area contributed by atoms with Gasteiger partial charge in [0.05, 0.1) is 17.5 Å². The second-order valence-corrected chi connectivity index (χ2v) is 8.07. The van der Waals surface area contributed by atoms with Crippen LogP contribution < -0.4 is 10.2 Å². The van der Waals surface area contributed by atoms with Gasteiger partial charge in [-0.1, -0.05) is 35.3 Å². The lowest BCUT2D eigenvalue weighted by molar-refractivity contribution is -0.910. The van der Waals surface area contributed by atoms with E-state index in [1.807, 2.05) is 13.0 Å². The van der Waals surface area contributed by atoms with Crippen LogP contribution in [-0.4, -0.2) is 19.0 Å². The number of hydrogen-bond donors (Lipinski definition) is 2. The third kappa shape index (κ3) is 4.12. The van der Waals surface area contributed by atoms with Crippen molar-refractivity contribution in [3.8, 4) is 0 Å². The van der Waals surface area contributed by atoms with Crippen molar-refractivity contribution in [1.29, 1.82) is 0 Å². The minimum absolute atomic E-state index is 0.0620. The number of carbonyl (C=O) groups excluding carboxylic acids is 1. The first-order valence-electron chi connectivity index (χ1n) is 8.17. The van der Waals surface area contributed by atoms with Crippen molar-refractivity contribution in [3.05, 3.63) is 56.2 Å². The van der Waals surface area contributed by atoms with E-state index < -0.39 is 0 Å². The van der Waals surface area contributed by atoms with Gasteiger partial charge in [0, 0.05) is 22.9 Å². The largest absolute Gasteiger partial charge is 0.345 e. The second-order valence-electron chi connectivity index (χ2n) is 6.25. The molecule has 0 spiro atoms. The summed E-state index contributed by atoms with van der Waals surface area (Å²) in [5, 5.41) is 6.36. The normalized spacial score (nSPS) is 21.6. The number of rotatable bonds is 5. The Labute approximate surface area is 156 Å². The van der Waals surface area contributed by atoms with Crippen LogP contribution in [0.2, 0.25) is 10.0 Å². The Morgan fingerprint density at radius 1 is 1.42 bits per heavy atom. The molecule has 1 aromatic heterocycles. The number of quaternary nitrogens is 1. The zero-order valence-electron chi connectivity index (χ0n) is 13.5. The lowest BCUT2D eigenvalue weighted by atomic mass is 10.1. The quantitative estimate of drug-likeness (QED) is 0.811. The summed E-state index contributed by atoms with van der Waals surface area (Å²) in [6.45, 7) is 3.49. The summed E-state index contributed by atoms with van der Waals surface area (Å²) in [6, 6.07) is 9.95. The molecular weight excluding hydrogens is 363 g/mol. The van der Waals surface area contributed by atoms with Gasteiger partial charge in [-0.3, -0.25) is 4.79 Å². The molecule has 1 aromatic carbocycles. The molecule has 2 heterocycles. The topological polar surface area (TPSA) is 33.5 Å². The number of halogens is 2. The molecule has 24 heavy (non-hydrogen) atoms. The molecule has 1 aliphatic heterocycles. The summed E-state index contributed by atoms with van der Waals surface area (Å²) in [5.74, 6) is 0.0620. The van der Waals surface area contributed by atoms with Crippen LogP contribution in [0.4, 0.5) is 0 Å². The first-order valence-corrected chi connectivity index (χ1v) is 9.80. The summed E-state index contributed by atoms with van der Waals surface area (Å²) in [5.41, 5.74) is 0.889. The van der Waals surface area contributed by atoms with Crippen LogP contribution in [-0.2, 0) is 4.79 Å². The minimum Gasteiger partial charge on any atom is -0.345 e. The van der Waals surface area contributed by atoms with Gasteiger partial charge < -0.3 is 10.2 Å². The van der Waals surface area contributed by atoms with Gasteiger partial charge in [0.2, 0.25) is 0 Å². The number of carbonyl (C=O) groups is 1. The Bertz CT molecular complexity index is 705. The fourth-order valence-electron chi connectivity index (χ4n) is 3.39. The first kappa shape index (κ1) is 17.7. The SMILES string of the molecule is C[C@H](NC(=O)C[NH+]1CCC[C@@H]1c1cccs1)c1ccc(Cl)cc1Cl. The maximum atomic E-state index is 12.5. The van der Waals surface area contributed by atoms with Crippen LogP contribution in [0.5, 0.6) is 0 Å². The molecule has 6 heteroatoms. The standard InChI is InChI=1S/C18H20Cl2N2OS/c1-12(14-7-6-13(19)10-15(14)20)21-18(23)11-22-8-2-4-16(22)17-5-3-9-24-17/h3,5-7,9-10,12,16H,2,4,8,11H2,1H3,(H,21,23)/p+1/t12-,16+/m0/s1. The van der Waals surface area contributed by atoms with Crippen LogP contribution in [0.25, 0.3) is 0 Å². The number of hydrogen-bond acceptors (Lipinski definition) is 2. The molecule has 2 aromatic rings. The summed E-state index contributed by atoms with van der Waals surface area (Å²) in [6.07, 6.45) is 2.32. The van der Waals surface area contributed by atoms with Gasteiger partial charge in [-0.2, -0.15) is 0 Å².